The monoisotopic (exact) mass is 376 g/mol. The third-order valence-electron chi connectivity index (χ3n) is 3.47. The molecule has 2 rings (SSSR count). The number of phenols is 1. The summed E-state index contributed by atoms with van der Waals surface area (Å²) >= 11 is 6.10. The van der Waals surface area contributed by atoms with Gasteiger partial charge in [0.05, 0.1) is 12.8 Å². The first-order valence-electron chi connectivity index (χ1n) is 8.08. The number of hydrogen-bond acceptors (Lipinski definition) is 5. The largest absolute Gasteiger partial charge is 0.504 e. The summed E-state index contributed by atoms with van der Waals surface area (Å²) in [6.45, 7) is 5.84. The predicted octanol–water partition coefficient (Wildman–Crippen LogP) is 3.59. The minimum absolute atomic E-state index is 0.0509. The average molecular weight is 377 g/mol. The Hall–Kier alpha value is -2.73. The lowest BCUT2D eigenvalue weighted by Gasteiger charge is -2.09. The van der Waals surface area contributed by atoms with Crippen LogP contribution >= 0.6 is 11.6 Å². The maximum atomic E-state index is 11.8. The number of ether oxygens (including phenoxy) is 2. The molecule has 6 nitrogen and oxygen atoms in total. The van der Waals surface area contributed by atoms with Crippen molar-refractivity contribution in [1.29, 1.82) is 0 Å². The van der Waals surface area contributed by atoms with Crippen LogP contribution in [0, 0.1) is 13.8 Å². The van der Waals surface area contributed by atoms with E-state index < -0.39 is 5.91 Å². The van der Waals surface area contributed by atoms with Gasteiger partial charge in [-0.2, -0.15) is 5.10 Å². The molecule has 2 N–H and O–H groups in total. The third kappa shape index (κ3) is 5.39. The van der Waals surface area contributed by atoms with Crippen LogP contribution in [-0.2, 0) is 4.79 Å². The molecule has 0 aliphatic rings. The van der Waals surface area contributed by atoms with Gasteiger partial charge in [0.1, 0.15) is 5.75 Å². The van der Waals surface area contributed by atoms with E-state index in [1.807, 2.05) is 20.8 Å². The van der Waals surface area contributed by atoms with Crippen molar-refractivity contribution >= 4 is 23.7 Å². The van der Waals surface area contributed by atoms with Crippen LogP contribution in [0.15, 0.2) is 35.4 Å². The quantitative estimate of drug-likeness (QED) is 0.571. The molecular formula is C19H21ClN2O4. The lowest BCUT2D eigenvalue weighted by molar-refractivity contribution is -0.123. The van der Waals surface area contributed by atoms with Crippen LogP contribution < -0.4 is 14.9 Å². The number of aryl methyl sites for hydroxylation is 2. The van der Waals surface area contributed by atoms with Crippen LogP contribution in [0.1, 0.15) is 23.6 Å². The molecule has 2 aromatic carbocycles. The van der Waals surface area contributed by atoms with Crippen molar-refractivity contribution in [1.82, 2.24) is 5.43 Å². The SMILES string of the molecule is CCOc1cc(/C=N\NC(=O)COc2cc(C)c(Cl)c(C)c2)ccc1O. The van der Waals surface area contributed by atoms with Crippen molar-refractivity contribution in [2.24, 2.45) is 5.10 Å². The van der Waals surface area contributed by atoms with E-state index in [9.17, 15) is 9.90 Å². The zero-order chi connectivity index (χ0) is 19.1. The lowest BCUT2D eigenvalue weighted by atomic mass is 10.1. The number of phenolic OH excluding ortho intramolecular Hbond substituents is 1. The fraction of sp³-hybridized carbons (Fsp3) is 0.263. The maximum Gasteiger partial charge on any atom is 0.277 e. The molecule has 0 fully saturated rings. The first-order valence-corrected chi connectivity index (χ1v) is 8.45. The number of halogens is 1. The Morgan fingerprint density at radius 1 is 1.23 bits per heavy atom. The lowest BCUT2D eigenvalue weighted by Crippen LogP contribution is -2.24. The Morgan fingerprint density at radius 2 is 1.92 bits per heavy atom. The molecule has 26 heavy (non-hydrogen) atoms. The number of amides is 1. The highest BCUT2D eigenvalue weighted by atomic mass is 35.5. The molecular weight excluding hydrogens is 356 g/mol. The van der Waals surface area contributed by atoms with Crippen molar-refractivity contribution in [2.45, 2.75) is 20.8 Å². The zero-order valence-corrected chi connectivity index (χ0v) is 15.6. The topological polar surface area (TPSA) is 80.2 Å². The van der Waals surface area contributed by atoms with Gasteiger partial charge >= 0.3 is 0 Å². The van der Waals surface area contributed by atoms with Gasteiger partial charge in [-0.25, -0.2) is 5.43 Å². The van der Waals surface area contributed by atoms with Crippen LogP contribution in [0.25, 0.3) is 0 Å². The number of hydrogen-bond donors (Lipinski definition) is 2. The fourth-order valence-electron chi connectivity index (χ4n) is 2.23. The summed E-state index contributed by atoms with van der Waals surface area (Å²) in [7, 11) is 0. The van der Waals surface area contributed by atoms with Crippen LogP contribution in [0.5, 0.6) is 17.2 Å². The molecule has 7 heteroatoms. The van der Waals surface area contributed by atoms with Gasteiger partial charge in [-0.05, 0) is 67.8 Å². The van der Waals surface area contributed by atoms with Gasteiger partial charge in [-0.1, -0.05) is 11.6 Å². The van der Waals surface area contributed by atoms with Gasteiger partial charge in [0.2, 0.25) is 0 Å². The summed E-state index contributed by atoms with van der Waals surface area (Å²) < 4.78 is 10.7. The van der Waals surface area contributed by atoms with E-state index in [0.717, 1.165) is 11.1 Å². The molecule has 0 aliphatic carbocycles. The predicted molar refractivity (Wildman–Crippen MR) is 101 cm³/mol. The minimum Gasteiger partial charge on any atom is -0.504 e. The normalized spacial score (nSPS) is 10.8. The van der Waals surface area contributed by atoms with Crippen molar-refractivity contribution in [3.05, 3.63) is 52.0 Å². The van der Waals surface area contributed by atoms with Crippen LogP contribution in [-0.4, -0.2) is 30.4 Å². The number of rotatable bonds is 7. The number of hydrazone groups is 1. The molecule has 2 aromatic rings. The molecule has 0 aliphatic heterocycles. The number of benzene rings is 2. The molecule has 0 unspecified atom stereocenters. The molecule has 0 heterocycles. The van der Waals surface area contributed by atoms with Crippen LogP contribution in [0.2, 0.25) is 5.02 Å². The molecule has 0 atom stereocenters. The van der Waals surface area contributed by atoms with Crippen LogP contribution in [0.4, 0.5) is 0 Å². The Morgan fingerprint density at radius 3 is 2.58 bits per heavy atom. The molecule has 0 aromatic heterocycles. The standard InChI is InChI=1S/C19H21ClN2O4/c1-4-25-17-9-14(5-6-16(17)23)10-21-22-18(24)11-26-15-7-12(2)19(20)13(3)8-15/h5-10,23H,4,11H2,1-3H3,(H,22,24)/b21-10-. The van der Waals surface area contributed by atoms with Crippen molar-refractivity contribution in [3.63, 3.8) is 0 Å². The summed E-state index contributed by atoms with van der Waals surface area (Å²) in [5.74, 6) is 0.591. The highest BCUT2D eigenvalue weighted by Crippen LogP contribution is 2.26. The van der Waals surface area contributed by atoms with Crippen molar-refractivity contribution < 1.29 is 19.4 Å². The second kappa shape index (κ2) is 9.10. The Kier molecular flexibility index (Phi) is 6.86. The van der Waals surface area contributed by atoms with Gasteiger partial charge in [0.25, 0.3) is 5.91 Å². The highest BCUT2D eigenvalue weighted by molar-refractivity contribution is 6.32. The van der Waals surface area contributed by atoms with E-state index in [0.29, 0.717) is 28.7 Å². The molecule has 0 radical (unpaired) electrons. The zero-order valence-electron chi connectivity index (χ0n) is 14.9. The highest BCUT2D eigenvalue weighted by Gasteiger charge is 2.06. The fourth-order valence-corrected chi connectivity index (χ4v) is 2.34. The summed E-state index contributed by atoms with van der Waals surface area (Å²) in [5.41, 5.74) is 4.83. The van der Waals surface area contributed by atoms with Crippen molar-refractivity contribution in [2.75, 3.05) is 13.2 Å². The second-order valence-electron chi connectivity index (χ2n) is 5.61. The summed E-state index contributed by atoms with van der Waals surface area (Å²) in [5, 5.41) is 14.2. The van der Waals surface area contributed by atoms with Gasteiger partial charge in [0, 0.05) is 5.02 Å². The number of carbonyl (C=O) groups excluding carboxylic acids is 1. The molecule has 0 bridgehead atoms. The smallest absolute Gasteiger partial charge is 0.277 e. The average Bonchev–Trinajstić information content (AvgIpc) is 2.60. The summed E-state index contributed by atoms with van der Waals surface area (Å²) in [6, 6.07) is 8.34. The Balaban J connectivity index is 1.89. The Labute approximate surface area is 157 Å². The van der Waals surface area contributed by atoms with Gasteiger partial charge < -0.3 is 14.6 Å². The molecule has 1 amide bonds. The number of carbonyl (C=O) groups is 1. The minimum atomic E-state index is -0.393. The van der Waals surface area contributed by atoms with E-state index in [1.54, 1.807) is 24.3 Å². The molecule has 0 spiro atoms. The van der Waals surface area contributed by atoms with Gasteiger partial charge in [0.15, 0.2) is 18.1 Å². The summed E-state index contributed by atoms with van der Waals surface area (Å²) in [6.07, 6.45) is 1.45. The molecule has 0 saturated heterocycles. The number of aromatic hydroxyl groups is 1. The van der Waals surface area contributed by atoms with Gasteiger partial charge in [-0.15, -0.1) is 0 Å². The second-order valence-corrected chi connectivity index (χ2v) is 5.99. The molecule has 0 saturated carbocycles. The van der Waals surface area contributed by atoms with Gasteiger partial charge in [-0.3, -0.25) is 4.79 Å². The van der Waals surface area contributed by atoms with Crippen LogP contribution in [0.3, 0.4) is 0 Å². The Bertz CT molecular complexity index is 798. The first-order chi connectivity index (χ1) is 12.4. The number of nitrogens with zero attached hydrogens (tertiary/aromatic N) is 1. The van der Waals surface area contributed by atoms with E-state index in [-0.39, 0.29) is 12.4 Å². The van der Waals surface area contributed by atoms with Crippen molar-refractivity contribution in [3.8, 4) is 17.2 Å². The third-order valence-corrected chi connectivity index (χ3v) is 4.06. The number of nitrogens with one attached hydrogen (secondary N) is 1. The maximum absolute atomic E-state index is 11.8. The van der Waals surface area contributed by atoms with E-state index >= 15 is 0 Å². The van der Waals surface area contributed by atoms with E-state index in [1.165, 1.54) is 12.3 Å². The van der Waals surface area contributed by atoms with E-state index in [2.05, 4.69) is 10.5 Å². The van der Waals surface area contributed by atoms with E-state index in [4.69, 9.17) is 21.1 Å². The summed E-state index contributed by atoms with van der Waals surface area (Å²) in [4.78, 5) is 11.8. The first kappa shape index (κ1) is 19.6. The molecule has 138 valence electrons.